The Morgan fingerprint density at radius 2 is 1.84 bits per heavy atom. The summed E-state index contributed by atoms with van der Waals surface area (Å²) >= 11 is 0. The van der Waals surface area contributed by atoms with E-state index in [1.54, 1.807) is 0 Å². The lowest BCUT2D eigenvalue weighted by atomic mass is 9.84. The first-order chi connectivity index (χ1) is 9.17. The minimum atomic E-state index is -0.605. The molecular formula is C16H23O2P. The number of benzene rings is 1. The van der Waals surface area contributed by atoms with Crippen molar-refractivity contribution in [3.05, 3.63) is 29.8 Å². The molecule has 1 aromatic carbocycles. The van der Waals surface area contributed by atoms with Gasteiger partial charge in [0.15, 0.2) is 5.34 Å². The molecule has 104 valence electrons. The largest absolute Gasteiger partial charge is 0.475 e. The fourth-order valence-corrected chi connectivity index (χ4v) is 2.92. The second-order valence-corrected chi connectivity index (χ2v) is 6.75. The van der Waals surface area contributed by atoms with Gasteiger partial charge in [-0.05, 0) is 49.8 Å². The number of hydrogen-bond donors (Lipinski definition) is 0. The Balaban J connectivity index is 2.03. The van der Waals surface area contributed by atoms with Gasteiger partial charge in [0.2, 0.25) is 8.46 Å². The summed E-state index contributed by atoms with van der Waals surface area (Å²) in [5, 5.41) is -0.605. The number of hydrogen-bond acceptors (Lipinski definition) is 2. The SMILES string of the molecule is CCC(C)(Oc1ccc(C2CCCCC2)cc1)P=O. The average Bonchev–Trinajstić information content (AvgIpc) is 2.49. The molecule has 0 amide bonds. The highest BCUT2D eigenvalue weighted by atomic mass is 31.1. The first-order valence-electron chi connectivity index (χ1n) is 7.30. The van der Waals surface area contributed by atoms with Gasteiger partial charge < -0.3 is 4.74 Å². The first-order valence-corrected chi connectivity index (χ1v) is 8.11. The summed E-state index contributed by atoms with van der Waals surface area (Å²) in [5.41, 5.74) is 1.42. The van der Waals surface area contributed by atoms with Crippen LogP contribution in [0.2, 0.25) is 0 Å². The van der Waals surface area contributed by atoms with Gasteiger partial charge >= 0.3 is 0 Å². The predicted molar refractivity (Wildman–Crippen MR) is 79.2 cm³/mol. The van der Waals surface area contributed by atoms with Crippen molar-refractivity contribution in [2.24, 2.45) is 0 Å². The highest BCUT2D eigenvalue weighted by Crippen LogP contribution is 2.35. The Morgan fingerprint density at radius 3 is 2.37 bits per heavy atom. The second kappa shape index (κ2) is 6.52. The van der Waals surface area contributed by atoms with E-state index in [0.29, 0.717) is 0 Å². The van der Waals surface area contributed by atoms with Gasteiger partial charge in [0.25, 0.3) is 0 Å². The Morgan fingerprint density at radius 1 is 1.21 bits per heavy atom. The van der Waals surface area contributed by atoms with Crippen molar-refractivity contribution in [2.45, 2.75) is 63.6 Å². The number of ether oxygens (including phenoxy) is 1. The van der Waals surface area contributed by atoms with Crippen molar-refractivity contribution >= 4 is 8.46 Å². The summed E-state index contributed by atoms with van der Waals surface area (Å²) in [6, 6.07) is 8.37. The van der Waals surface area contributed by atoms with Gasteiger partial charge in [-0.3, -0.25) is 4.57 Å². The third kappa shape index (κ3) is 3.79. The molecule has 1 saturated carbocycles. The Hall–Kier alpha value is -0.880. The van der Waals surface area contributed by atoms with Crippen LogP contribution in [-0.4, -0.2) is 5.34 Å². The van der Waals surface area contributed by atoms with Crippen LogP contribution in [0.1, 0.15) is 63.9 Å². The van der Waals surface area contributed by atoms with Crippen molar-refractivity contribution in [3.63, 3.8) is 0 Å². The van der Waals surface area contributed by atoms with E-state index in [0.717, 1.165) is 18.1 Å². The van der Waals surface area contributed by atoms with E-state index in [2.05, 4.69) is 12.1 Å². The lowest BCUT2D eigenvalue weighted by Crippen LogP contribution is -2.23. The van der Waals surface area contributed by atoms with E-state index in [-0.39, 0.29) is 8.46 Å². The highest BCUT2D eigenvalue weighted by molar-refractivity contribution is 7.25. The lowest BCUT2D eigenvalue weighted by Gasteiger charge is -2.24. The summed E-state index contributed by atoms with van der Waals surface area (Å²) in [6.07, 6.45) is 7.44. The maximum Gasteiger partial charge on any atom is 0.203 e. The van der Waals surface area contributed by atoms with Crippen LogP contribution in [-0.2, 0) is 4.57 Å². The Labute approximate surface area is 117 Å². The highest BCUT2D eigenvalue weighted by Gasteiger charge is 2.24. The fourth-order valence-electron chi connectivity index (χ4n) is 2.65. The van der Waals surface area contributed by atoms with Crippen LogP contribution in [0, 0.1) is 0 Å². The summed E-state index contributed by atoms with van der Waals surface area (Å²) in [7, 11) is 0.0420. The molecule has 2 nitrogen and oxygen atoms in total. The molecule has 0 aromatic heterocycles. The summed E-state index contributed by atoms with van der Waals surface area (Å²) in [5.74, 6) is 1.53. The maximum absolute atomic E-state index is 11.1. The van der Waals surface area contributed by atoms with Crippen molar-refractivity contribution in [1.82, 2.24) is 0 Å². The van der Waals surface area contributed by atoms with Crippen molar-refractivity contribution in [1.29, 1.82) is 0 Å². The molecule has 0 aliphatic heterocycles. The molecule has 1 atom stereocenters. The van der Waals surface area contributed by atoms with Crippen LogP contribution in [0.25, 0.3) is 0 Å². The van der Waals surface area contributed by atoms with Gasteiger partial charge in [-0.1, -0.05) is 38.3 Å². The van der Waals surface area contributed by atoms with Gasteiger partial charge in [-0.2, -0.15) is 0 Å². The summed E-state index contributed by atoms with van der Waals surface area (Å²) in [4.78, 5) is 0. The third-order valence-corrected chi connectivity index (χ3v) is 4.94. The fraction of sp³-hybridized carbons (Fsp3) is 0.625. The smallest absolute Gasteiger partial charge is 0.203 e. The van der Waals surface area contributed by atoms with Crippen molar-refractivity contribution in [2.75, 3.05) is 0 Å². The monoisotopic (exact) mass is 278 g/mol. The van der Waals surface area contributed by atoms with Crippen molar-refractivity contribution in [3.8, 4) is 5.75 Å². The van der Waals surface area contributed by atoms with Crippen LogP contribution in [0.5, 0.6) is 5.75 Å². The van der Waals surface area contributed by atoms with Crippen molar-refractivity contribution < 1.29 is 9.30 Å². The zero-order valence-corrected chi connectivity index (χ0v) is 12.8. The minimum absolute atomic E-state index is 0.0420. The van der Waals surface area contributed by atoms with E-state index in [9.17, 15) is 4.57 Å². The van der Waals surface area contributed by atoms with Gasteiger partial charge in [-0.15, -0.1) is 0 Å². The van der Waals surface area contributed by atoms with E-state index in [4.69, 9.17) is 4.74 Å². The standard InChI is InChI=1S/C16H23O2P/c1-3-16(2,19-17)18-15-11-9-14(10-12-15)13-7-5-4-6-8-13/h9-13H,3-8H2,1-2H3. The predicted octanol–water partition coefficient (Wildman–Crippen LogP) is 5.53. The Bertz CT molecular complexity index is 409. The Kier molecular flexibility index (Phi) is 4.99. The molecule has 1 unspecified atom stereocenters. The second-order valence-electron chi connectivity index (χ2n) is 5.63. The number of rotatable bonds is 5. The topological polar surface area (TPSA) is 26.3 Å². The summed E-state index contributed by atoms with van der Waals surface area (Å²) < 4.78 is 17.0. The van der Waals surface area contributed by atoms with Crippen LogP contribution in [0.4, 0.5) is 0 Å². The molecule has 0 spiro atoms. The molecule has 1 fully saturated rings. The average molecular weight is 278 g/mol. The molecule has 19 heavy (non-hydrogen) atoms. The van der Waals surface area contributed by atoms with E-state index in [1.807, 2.05) is 26.0 Å². The zero-order valence-electron chi connectivity index (χ0n) is 11.9. The summed E-state index contributed by atoms with van der Waals surface area (Å²) in [6.45, 7) is 3.86. The molecule has 1 aliphatic rings. The van der Waals surface area contributed by atoms with Gasteiger partial charge in [0.05, 0.1) is 0 Å². The normalized spacial score (nSPS) is 20.1. The molecule has 1 aromatic rings. The molecule has 0 saturated heterocycles. The molecule has 2 rings (SSSR count). The van der Waals surface area contributed by atoms with Gasteiger partial charge in [0, 0.05) is 0 Å². The molecule has 0 radical (unpaired) electrons. The van der Waals surface area contributed by atoms with E-state index < -0.39 is 5.34 Å². The van der Waals surface area contributed by atoms with E-state index >= 15 is 0 Å². The zero-order chi connectivity index (χ0) is 13.7. The molecule has 0 heterocycles. The molecule has 1 aliphatic carbocycles. The molecule has 0 bridgehead atoms. The quantitative estimate of drug-likeness (QED) is 0.662. The van der Waals surface area contributed by atoms with E-state index in [1.165, 1.54) is 37.7 Å². The lowest BCUT2D eigenvalue weighted by molar-refractivity contribution is 0.174. The maximum atomic E-state index is 11.1. The van der Waals surface area contributed by atoms with Crippen LogP contribution in [0.15, 0.2) is 24.3 Å². The first kappa shape index (κ1) is 14.5. The third-order valence-electron chi connectivity index (χ3n) is 4.14. The van der Waals surface area contributed by atoms with Crippen LogP contribution < -0.4 is 4.74 Å². The molecular weight excluding hydrogens is 255 g/mol. The van der Waals surface area contributed by atoms with Crippen LogP contribution >= 0.6 is 8.46 Å². The van der Waals surface area contributed by atoms with Crippen LogP contribution in [0.3, 0.4) is 0 Å². The van der Waals surface area contributed by atoms with Gasteiger partial charge in [-0.25, -0.2) is 0 Å². The van der Waals surface area contributed by atoms with Gasteiger partial charge in [0.1, 0.15) is 5.75 Å². The molecule has 3 heteroatoms. The molecule has 0 N–H and O–H groups in total. The minimum Gasteiger partial charge on any atom is -0.475 e.